The number of benzene rings is 2. The molecule has 36 heavy (non-hydrogen) atoms. The highest BCUT2D eigenvalue weighted by Crippen LogP contribution is 2.38. The lowest BCUT2D eigenvalue weighted by molar-refractivity contribution is 0.254. The molecule has 1 fully saturated rings. The molecule has 2 N–H and O–H groups in total. The number of halogens is 2. The van der Waals surface area contributed by atoms with E-state index in [0.717, 1.165) is 25.7 Å². The van der Waals surface area contributed by atoms with Crippen molar-refractivity contribution in [2.75, 3.05) is 19.6 Å². The van der Waals surface area contributed by atoms with Crippen molar-refractivity contribution in [2.24, 2.45) is 12.0 Å². The lowest BCUT2D eigenvalue weighted by atomic mass is 9.96. The highest BCUT2D eigenvalue weighted by atomic mass is 19.1. The lowest BCUT2D eigenvalue weighted by Gasteiger charge is -2.33. The van der Waals surface area contributed by atoms with Gasteiger partial charge in [-0.3, -0.25) is 4.57 Å². The van der Waals surface area contributed by atoms with Crippen molar-refractivity contribution in [1.29, 1.82) is 0 Å². The number of aryl methyl sites for hydroxylation is 1. The highest BCUT2D eigenvalue weighted by molar-refractivity contribution is 5.84. The maximum atomic E-state index is 15.0. The molecule has 7 nitrogen and oxygen atoms in total. The number of allylic oxidation sites excluding steroid dienone is 3. The van der Waals surface area contributed by atoms with Crippen LogP contribution in [0.1, 0.15) is 19.4 Å². The van der Waals surface area contributed by atoms with Crippen LogP contribution in [0.4, 0.5) is 8.78 Å². The van der Waals surface area contributed by atoms with Crippen molar-refractivity contribution in [3.05, 3.63) is 88.4 Å². The van der Waals surface area contributed by atoms with Gasteiger partial charge in [-0.15, -0.1) is 0 Å². The number of aromatic nitrogens is 2. The first-order valence-electron chi connectivity index (χ1n) is 11.6. The Kier molecular flexibility index (Phi) is 7.21. The van der Waals surface area contributed by atoms with Gasteiger partial charge >= 0.3 is 5.69 Å². The Morgan fingerprint density at radius 3 is 2.64 bits per heavy atom. The zero-order chi connectivity index (χ0) is 26.0. The molecular formula is C27H29F2N5O2. The largest absolute Gasteiger partial charge is 0.507 e. The molecule has 188 valence electrons. The van der Waals surface area contributed by atoms with Crippen LogP contribution in [0.5, 0.6) is 5.75 Å². The third-order valence-electron chi connectivity index (χ3n) is 6.30. The van der Waals surface area contributed by atoms with E-state index >= 15 is 4.39 Å². The van der Waals surface area contributed by atoms with Gasteiger partial charge in [0.1, 0.15) is 23.2 Å². The summed E-state index contributed by atoms with van der Waals surface area (Å²) in [6.07, 6.45) is 6.50. The number of imidazole rings is 1. The summed E-state index contributed by atoms with van der Waals surface area (Å²) in [4.78, 5) is 18.5. The van der Waals surface area contributed by atoms with Crippen molar-refractivity contribution in [3.8, 4) is 22.6 Å². The fraction of sp³-hybridized carbons (Fsp3) is 0.259. The summed E-state index contributed by atoms with van der Waals surface area (Å²) in [5, 5.41) is 14.5. The van der Waals surface area contributed by atoms with Crippen LogP contribution in [0.15, 0.2) is 70.5 Å². The molecule has 0 bridgehead atoms. The molecule has 0 aliphatic carbocycles. The van der Waals surface area contributed by atoms with Crippen LogP contribution >= 0.6 is 0 Å². The Bertz CT molecular complexity index is 1420. The smallest absolute Gasteiger partial charge is 0.332 e. The van der Waals surface area contributed by atoms with Crippen LogP contribution in [0.2, 0.25) is 0 Å². The van der Waals surface area contributed by atoms with Crippen molar-refractivity contribution < 1.29 is 13.9 Å². The number of nitrogens with one attached hydrogen (secondary N) is 1. The van der Waals surface area contributed by atoms with Crippen LogP contribution in [0.3, 0.4) is 0 Å². The topological polar surface area (TPSA) is 74.8 Å². The van der Waals surface area contributed by atoms with Crippen LogP contribution in [0, 0.1) is 11.6 Å². The van der Waals surface area contributed by atoms with Crippen LogP contribution in [-0.2, 0) is 7.05 Å². The number of nitrogens with zero attached hydrogens (tertiary/aromatic N) is 4. The van der Waals surface area contributed by atoms with Gasteiger partial charge in [0.2, 0.25) is 0 Å². The van der Waals surface area contributed by atoms with E-state index in [2.05, 4.69) is 28.9 Å². The molecule has 0 unspecified atom stereocenters. The van der Waals surface area contributed by atoms with E-state index in [4.69, 9.17) is 0 Å². The maximum Gasteiger partial charge on any atom is 0.332 e. The Morgan fingerprint density at radius 2 is 2.03 bits per heavy atom. The predicted octanol–water partition coefficient (Wildman–Crippen LogP) is 4.07. The zero-order valence-electron chi connectivity index (χ0n) is 20.5. The summed E-state index contributed by atoms with van der Waals surface area (Å²) in [6.45, 7) is 9.81. The molecule has 0 radical (unpaired) electrons. The molecule has 0 amide bonds. The number of phenolic OH excluding ortho intramolecular Hbond substituents is 1. The van der Waals surface area contributed by atoms with Gasteiger partial charge in [-0.2, -0.15) is 0 Å². The zero-order valence-corrected chi connectivity index (χ0v) is 20.5. The van der Waals surface area contributed by atoms with Crippen molar-refractivity contribution in [3.63, 3.8) is 0 Å². The quantitative estimate of drug-likeness (QED) is 0.401. The van der Waals surface area contributed by atoms with Crippen LogP contribution in [-0.4, -0.2) is 51.5 Å². The highest BCUT2D eigenvalue weighted by Gasteiger charge is 2.20. The van der Waals surface area contributed by atoms with Crippen molar-refractivity contribution in [2.45, 2.75) is 19.9 Å². The minimum Gasteiger partial charge on any atom is -0.507 e. The molecule has 1 aliphatic heterocycles. The number of aromatic hydroxyl groups is 1. The average molecular weight is 494 g/mol. The van der Waals surface area contributed by atoms with E-state index in [0.29, 0.717) is 11.4 Å². The third-order valence-corrected chi connectivity index (χ3v) is 6.30. The molecule has 1 saturated heterocycles. The maximum absolute atomic E-state index is 15.0. The second-order valence-electron chi connectivity index (χ2n) is 8.78. The molecule has 1 atom stereocenters. The average Bonchev–Trinajstić information content (AvgIpc) is 3.19. The molecule has 3 aromatic rings. The van der Waals surface area contributed by atoms with Gasteiger partial charge in [0, 0.05) is 56.2 Å². The summed E-state index contributed by atoms with van der Waals surface area (Å²) in [7, 11) is 1.57. The van der Waals surface area contributed by atoms with E-state index in [-0.39, 0.29) is 34.2 Å². The lowest BCUT2D eigenvalue weighted by Crippen LogP contribution is -2.48. The van der Waals surface area contributed by atoms with Gasteiger partial charge in [0.25, 0.3) is 0 Å². The number of rotatable bonds is 6. The van der Waals surface area contributed by atoms with Crippen LogP contribution in [0.25, 0.3) is 22.4 Å². The van der Waals surface area contributed by atoms with Gasteiger partial charge < -0.3 is 19.9 Å². The first kappa shape index (κ1) is 25.1. The normalized spacial score (nSPS) is 16.9. The van der Waals surface area contributed by atoms with Crippen molar-refractivity contribution >= 4 is 12.3 Å². The van der Waals surface area contributed by atoms with Gasteiger partial charge in [-0.1, -0.05) is 12.1 Å². The molecule has 9 heteroatoms. The summed E-state index contributed by atoms with van der Waals surface area (Å²) < 4.78 is 32.3. The van der Waals surface area contributed by atoms with E-state index in [1.54, 1.807) is 32.2 Å². The molecule has 1 aromatic heterocycles. The molecule has 1 aliphatic rings. The van der Waals surface area contributed by atoms with Gasteiger partial charge in [-0.25, -0.2) is 18.6 Å². The Hall–Kier alpha value is -3.98. The summed E-state index contributed by atoms with van der Waals surface area (Å²) in [6, 6.07) is 6.82. The fourth-order valence-electron chi connectivity index (χ4n) is 4.39. The van der Waals surface area contributed by atoms with Gasteiger partial charge in [0.15, 0.2) is 0 Å². The molecule has 2 heterocycles. The molecule has 4 rings (SSSR count). The summed E-state index contributed by atoms with van der Waals surface area (Å²) in [5.41, 5.74) is 0.871. The third kappa shape index (κ3) is 4.87. The van der Waals surface area contributed by atoms with E-state index in [1.807, 2.05) is 0 Å². The first-order valence-corrected chi connectivity index (χ1v) is 11.6. The number of hydrogen-bond acceptors (Lipinski definition) is 5. The molecule has 0 saturated carbocycles. The molecule has 0 spiro atoms. The van der Waals surface area contributed by atoms with Gasteiger partial charge in [-0.05, 0) is 62.0 Å². The summed E-state index contributed by atoms with van der Waals surface area (Å²) in [5.74, 6) is -0.839. The summed E-state index contributed by atoms with van der Waals surface area (Å²) >= 11 is 0. The number of piperazine rings is 1. The van der Waals surface area contributed by atoms with E-state index in [9.17, 15) is 14.3 Å². The fourth-order valence-corrected chi connectivity index (χ4v) is 4.39. The Balaban J connectivity index is 1.75. The monoisotopic (exact) mass is 493 g/mol. The van der Waals surface area contributed by atoms with Crippen molar-refractivity contribution in [1.82, 2.24) is 19.4 Å². The Morgan fingerprint density at radius 1 is 1.25 bits per heavy atom. The standard InChI is InChI=1S/C27H29F2N5O2/c1-5-18(13-25(30-3)33-9-8-31-17(2)16-33)21-14-20(28)15-22(26(21)35)19-6-7-24(23(29)12-19)34-11-10-32(4)27(34)36/h5-7,10-15,17,31,35H,3,8-9,16H2,1-2,4H3/b18-5+,25-13+/t17-/m1/s1. The van der Waals surface area contributed by atoms with E-state index < -0.39 is 17.3 Å². The number of aliphatic imine (C=N–C) groups is 1. The predicted molar refractivity (Wildman–Crippen MR) is 138 cm³/mol. The van der Waals surface area contributed by atoms with Gasteiger partial charge in [0.05, 0.1) is 5.69 Å². The number of phenols is 1. The minimum absolute atomic E-state index is 0.0597. The first-order chi connectivity index (χ1) is 17.2. The molecule has 2 aromatic carbocycles. The number of hydrogen-bond donors (Lipinski definition) is 2. The second-order valence-corrected chi connectivity index (χ2v) is 8.78. The van der Waals surface area contributed by atoms with E-state index in [1.165, 1.54) is 39.7 Å². The van der Waals surface area contributed by atoms with Crippen LogP contribution < -0.4 is 11.0 Å². The Labute approximate surface area is 208 Å². The SMILES string of the molecule is C=N/C(=C\C(=C/C)c1cc(F)cc(-c2ccc(-n3ccn(C)c3=O)c(F)c2)c1O)N1CCN[C@H](C)C1. The molecular weight excluding hydrogens is 464 g/mol. The minimum atomic E-state index is -0.678. The second kappa shape index (κ2) is 10.3.